The molecule has 0 spiro atoms. The van der Waals surface area contributed by atoms with E-state index in [9.17, 15) is 9.59 Å². The molecule has 0 radical (unpaired) electrons. The fourth-order valence-electron chi connectivity index (χ4n) is 0.798. The third-order valence-electron chi connectivity index (χ3n) is 1.35. The van der Waals surface area contributed by atoms with Crippen molar-refractivity contribution in [1.82, 2.24) is 0 Å². The average Bonchev–Trinajstić information content (AvgIpc) is 1.96. The standard InChI is InChI=1S/C9H17NO3/c1-9(2,3)13-8(12)7(6-11)4-5-10/h6-7H,4-5,10H2,1-3H3. The maximum atomic E-state index is 11.3. The van der Waals surface area contributed by atoms with Gasteiger partial charge in [0.25, 0.3) is 0 Å². The second-order valence-corrected chi connectivity index (χ2v) is 3.85. The Hall–Kier alpha value is -0.900. The van der Waals surface area contributed by atoms with Crippen molar-refractivity contribution in [2.45, 2.75) is 32.8 Å². The molecule has 0 fully saturated rings. The van der Waals surface area contributed by atoms with Crippen LogP contribution in [0.15, 0.2) is 0 Å². The quantitative estimate of drug-likeness (QED) is 0.395. The van der Waals surface area contributed by atoms with Gasteiger partial charge in [-0.25, -0.2) is 0 Å². The number of carbonyl (C=O) groups is 2. The van der Waals surface area contributed by atoms with Crippen molar-refractivity contribution in [2.75, 3.05) is 6.54 Å². The van der Waals surface area contributed by atoms with E-state index >= 15 is 0 Å². The fraction of sp³-hybridized carbons (Fsp3) is 0.778. The predicted octanol–water partition coefficient (Wildman–Crippen LogP) is 0.492. The summed E-state index contributed by atoms with van der Waals surface area (Å²) in [7, 11) is 0. The van der Waals surface area contributed by atoms with Crippen LogP contribution in [0.5, 0.6) is 0 Å². The summed E-state index contributed by atoms with van der Waals surface area (Å²) in [5.74, 6) is -1.21. The van der Waals surface area contributed by atoms with Crippen molar-refractivity contribution >= 4 is 12.3 Å². The van der Waals surface area contributed by atoms with Crippen molar-refractivity contribution in [3.63, 3.8) is 0 Å². The highest BCUT2D eigenvalue weighted by Crippen LogP contribution is 2.11. The lowest BCUT2D eigenvalue weighted by Crippen LogP contribution is -2.30. The molecule has 0 aliphatic heterocycles. The average molecular weight is 187 g/mol. The molecule has 0 aliphatic rings. The van der Waals surface area contributed by atoms with Crippen molar-refractivity contribution in [1.29, 1.82) is 0 Å². The summed E-state index contributed by atoms with van der Waals surface area (Å²) >= 11 is 0. The first-order valence-electron chi connectivity index (χ1n) is 4.29. The smallest absolute Gasteiger partial charge is 0.316 e. The van der Waals surface area contributed by atoms with Gasteiger partial charge in [0, 0.05) is 0 Å². The van der Waals surface area contributed by atoms with Crippen LogP contribution in [0, 0.1) is 5.92 Å². The first-order valence-corrected chi connectivity index (χ1v) is 4.29. The van der Waals surface area contributed by atoms with Crippen LogP contribution in [0.2, 0.25) is 0 Å². The first-order chi connectivity index (χ1) is 5.90. The minimum atomic E-state index is -0.718. The Labute approximate surface area is 78.4 Å². The number of aldehydes is 1. The van der Waals surface area contributed by atoms with Gasteiger partial charge in [0.05, 0.1) is 0 Å². The van der Waals surface area contributed by atoms with E-state index in [1.54, 1.807) is 20.8 Å². The minimum absolute atomic E-state index is 0.308. The molecule has 1 unspecified atom stereocenters. The molecule has 13 heavy (non-hydrogen) atoms. The SMILES string of the molecule is CC(C)(C)OC(=O)C(C=O)CCN. The monoisotopic (exact) mass is 187 g/mol. The normalized spacial score (nSPS) is 13.5. The maximum absolute atomic E-state index is 11.3. The molecule has 0 aromatic rings. The molecule has 76 valence electrons. The van der Waals surface area contributed by atoms with E-state index in [2.05, 4.69) is 0 Å². The van der Waals surface area contributed by atoms with Gasteiger partial charge in [0.15, 0.2) is 0 Å². The molecule has 2 N–H and O–H groups in total. The van der Waals surface area contributed by atoms with Crippen LogP contribution >= 0.6 is 0 Å². The molecule has 0 saturated carbocycles. The van der Waals surface area contributed by atoms with Crippen LogP contribution in [-0.4, -0.2) is 24.4 Å². The van der Waals surface area contributed by atoms with Gasteiger partial charge < -0.3 is 15.3 Å². The third-order valence-corrected chi connectivity index (χ3v) is 1.35. The van der Waals surface area contributed by atoms with Crippen LogP contribution in [0.3, 0.4) is 0 Å². The second kappa shape index (κ2) is 4.97. The Morgan fingerprint density at radius 3 is 2.38 bits per heavy atom. The van der Waals surface area contributed by atoms with Crippen LogP contribution in [-0.2, 0) is 14.3 Å². The molecule has 0 aromatic heterocycles. The van der Waals surface area contributed by atoms with E-state index in [0.717, 1.165) is 0 Å². The summed E-state index contributed by atoms with van der Waals surface area (Å²) in [6, 6.07) is 0. The molecule has 1 atom stereocenters. The molecule has 0 aromatic carbocycles. The van der Waals surface area contributed by atoms with Crippen LogP contribution < -0.4 is 5.73 Å². The summed E-state index contributed by atoms with van der Waals surface area (Å²) in [4.78, 5) is 21.7. The summed E-state index contributed by atoms with van der Waals surface area (Å²) in [5, 5.41) is 0. The second-order valence-electron chi connectivity index (χ2n) is 3.85. The Bertz CT molecular complexity index is 184. The number of hydrogen-bond acceptors (Lipinski definition) is 4. The van der Waals surface area contributed by atoms with Crippen molar-refractivity contribution in [2.24, 2.45) is 11.7 Å². The van der Waals surface area contributed by atoms with Gasteiger partial charge in [-0.3, -0.25) is 4.79 Å². The van der Waals surface area contributed by atoms with E-state index in [1.165, 1.54) is 0 Å². The van der Waals surface area contributed by atoms with Crippen molar-refractivity contribution < 1.29 is 14.3 Å². The number of rotatable bonds is 4. The zero-order chi connectivity index (χ0) is 10.5. The topological polar surface area (TPSA) is 69.4 Å². The summed E-state index contributed by atoms with van der Waals surface area (Å²) in [6.45, 7) is 5.59. The summed E-state index contributed by atoms with van der Waals surface area (Å²) in [5.41, 5.74) is 4.69. The molecule has 4 heteroatoms. The number of carbonyl (C=O) groups excluding carboxylic acids is 2. The van der Waals surface area contributed by atoms with Crippen LogP contribution in [0.25, 0.3) is 0 Å². The van der Waals surface area contributed by atoms with Crippen LogP contribution in [0.1, 0.15) is 27.2 Å². The van der Waals surface area contributed by atoms with Gasteiger partial charge >= 0.3 is 5.97 Å². The number of nitrogens with two attached hydrogens (primary N) is 1. The number of esters is 1. The highest BCUT2D eigenvalue weighted by atomic mass is 16.6. The zero-order valence-corrected chi connectivity index (χ0v) is 8.37. The minimum Gasteiger partial charge on any atom is -0.459 e. The van der Waals surface area contributed by atoms with Gasteiger partial charge in [-0.1, -0.05) is 0 Å². The lowest BCUT2D eigenvalue weighted by molar-refractivity contribution is -0.160. The molecule has 4 nitrogen and oxygen atoms in total. The van der Waals surface area contributed by atoms with E-state index < -0.39 is 17.5 Å². The molecule has 0 bridgehead atoms. The molecule has 0 rings (SSSR count). The Kier molecular flexibility index (Phi) is 4.62. The van der Waals surface area contributed by atoms with E-state index in [-0.39, 0.29) is 0 Å². The van der Waals surface area contributed by atoms with E-state index in [0.29, 0.717) is 19.3 Å². The Morgan fingerprint density at radius 1 is 1.54 bits per heavy atom. The lowest BCUT2D eigenvalue weighted by Gasteiger charge is -2.21. The largest absolute Gasteiger partial charge is 0.459 e. The number of hydrogen-bond donors (Lipinski definition) is 1. The van der Waals surface area contributed by atoms with Crippen molar-refractivity contribution in [3.8, 4) is 0 Å². The van der Waals surface area contributed by atoms with Gasteiger partial charge in [-0.05, 0) is 33.7 Å². The highest BCUT2D eigenvalue weighted by molar-refractivity contribution is 5.87. The van der Waals surface area contributed by atoms with Gasteiger partial charge in [0.2, 0.25) is 0 Å². The van der Waals surface area contributed by atoms with Gasteiger partial charge in [0.1, 0.15) is 17.8 Å². The summed E-state index contributed by atoms with van der Waals surface area (Å²) < 4.78 is 5.02. The molecular weight excluding hydrogens is 170 g/mol. The third kappa shape index (κ3) is 5.36. The molecular formula is C9H17NO3. The lowest BCUT2D eigenvalue weighted by atomic mass is 10.1. The zero-order valence-electron chi connectivity index (χ0n) is 8.37. The maximum Gasteiger partial charge on any atom is 0.316 e. The Balaban J connectivity index is 4.14. The number of ether oxygens (including phenoxy) is 1. The fourth-order valence-corrected chi connectivity index (χ4v) is 0.798. The molecule has 0 aliphatic carbocycles. The van der Waals surface area contributed by atoms with E-state index in [1.807, 2.05) is 0 Å². The molecule has 0 heterocycles. The Morgan fingerprint density at radius 2 is 2.08 bits per heavy atom. The van der Waals surface area contributed by atoms with E-state index in [4.69, 9.17) is 10.5 Å². The first kappa shape index (κ1) is 12.1. The van der Waals surface area contributed by atoms with Crippen LogP contribution in [0.4, 0.5) is 0 Å². The predicted molar refractivity (Wildman–Crippen MR) is 49.1 cm³/mol. The molecule has 0 amide bonds. The van der Waals surface area contributed by atoms with Gasteiger partial charge in [-0.15, -0.1) is 0 Å². The molecule has 0 saturated heterocycles. The summed E-state index contributed by atoms with van der Waals surface area (Å²) in [6.07, 6.45) is 0.930. The van der Waals surface area contributed by atoms with Crippen molar-refractivity contribution in [3.05, 3.63) is 0 Å². The van der Waals surface area contributed by atoms with Gasteiger partial charge in [-0.2, -0.15) is 0 Å². The highest BCUT2D eigenvalue weighted by Gasteiger charge is 2.23.